The lowest BCUT2D eigenvalue weighted by Gasteiger charge is -2.22. The van der Waals surface area contributed by atoms with E-state index in [0.29, 0.717) is 28.0 Å². The van der Waals surface area contributed by atoms with E-state index < -0.39 is 6.10 Å². The van der Waals surface area contributed by atoms with Gasteiger partial charge in [0.25, 0.3) is 5.91 Å². The molecule has 32 heavy (non-hydrogen) atoms. The number of aryl methyl sites for hydroxylation is 1. The maximum absolute atomic E-state index is 12.9. The third-order valence-electron chi connectivity index (χ3n) is 5.18. The highest BCUT2D eigenvalue weighted by molar-refractivity contribution is 6.30. The van der Waals surface area contributed by atoms with Gasteiger partial charge in [-0.2, -0.15) is 0 Å². The van der Waals surface area contributed by atoms with Gasteiger partial charge in [0, 0.05) is 16.1 Å². The summed E-state index contributed by atoms with van der Waals surface area (Å²) in [6, 6.07) is 22.7. The fourth-order valence-electron chi connectivity index (χ4n) is 3.40. The second-order valence-electron chi connectivity index (χ2n) is 7.61. The Hall–Kier alpha value is -2.69. The molecule has 0 fully saturated rings. The van der Waals surface area contributed by atoms with Gasteiger partial charge in [-0.15, -0.1) is 0 Å². The number of carbonyl (C=O) groups excluding carboxylic acids is 1. The van der Waals surface area contributed by atoms with Crippen LogP contribution in [0.3, 0.4) is 0 Å². The van der Waals surface area contributed by atoms with Crippen LogP contribution in [0.1, 0.15) is 24.5 Å². The number of nitrogens with one attached hydrogen (secondary N) is 1. The first-order valence-corrected chi connectivity index (χ1v) is 11.3. The van der Waals surface area contributed by atoms with E-state index in [2.05, 4.69) is 5.32 Å². The molecule has 0 aliphatic heterocycles. The lowest BCUT2D eigenvalue weighted by Crippen LogP contribution is -2.43. The van der Waals surface area contributed by atoms with Crippen LogP contribution in [0.5, 0.6) is 11.5 Å². The van der Waals surface area contributed by atoms with Crippen molar-refractivity contribution in [1.29, 1.82) is 0 Å². The Labute approximate surface area is 199 Å². The molecule has 0 aliphatic carbocycles. The number of ether oxygens (including phenoxy) is 2. The number of amides is 1. The largest absolute Gasteiger partial charge is 0.493 e. The van der Waals surface area contributed by atoms with E-state index >= 15 is 0 Å². The van der Waals surface area contributed by atoms with Crippen molar-refractivity contribution in [3.8, 4) is 11.5 Å². The molecule has 2 unspecified atom stereocenters. The average molecular weight is 472 g/mol. The van der Waals surface area contributed by atoms with Crippen LogP contribution in [0.2, 0.25) is 10.0 Å². The highest BCUT2D eigenvalue weighted by atomic mass is 35.5. The molecule has 3 rings (SSSR count). The second-order valence-corrected chi connectivity index (χ2v) is 8.49. The predicted octanol–water partition coefficient (Wildman–Crippen LogP) is 6.13. The molecule has 4 nitrogen and oxygen atoms in total. The summed E-state index contributed by atoms with van der Waals surface area (Å²) < 4.78 is 11.2. The van der Waals surface area contributed by atoms with Crippen molar-refractivity contribution in [3.63, 3.8) is 0 Å². The van der Waals surface area contributed by atoms with Gasteiger partial charge in [0.15, 0.2) is 17.6 Å². The number of carbonyl (C=O) groups is 1. The van der Waals surface area contributed by atoms with E-state index in [1.165, 1.54) is 5.56 Å². The topological polar surface area (TPSA) is 47.6 Å². The molecule has 0 aromatic heterocycles. The summed E-state index contributed by atoms with van der Waals surface area (Å²) in [6.07, 6.45) is 1.61. The lowest BCUT2D eigenvalue weighted by atomic mass is 9.98. The van der Waals surface area contributed by atoms with Gasteiger partial charge in [0.05, 0.1) is 7.11 Å². The van der Waals surface area contributed by atoms with Crippen LogP contribution >= 0.6 is 23.2 Å². The highest BCUT2D eigenvalue weighted by Gasteiger charge is 2.21. The molecule has 1 amide bonds. The first kappa shape index (κ1) is 24.0. The molecule has 0 bridgehead atoms. The summed E-state index contributed by atoms with van der Waals surface area (Å²) in [4.78, 5) is 12.9. The Morgan fingerprint density at radius 1 is 0.875 bits per heavy atom. The summed E-state index contributed by atoms with van der Waals surface area (Å²) in [5.74, 6) is 0.951. The predicted molar refractivity (Wildman–Crippen MR) is 130 cm³/mol. The van der Waals surface area contributed by atoms with Gasteiger partial charge >= 0.3 is 0 Å². The van der Waals surface area contributed by atoms with Gasteiger partial charge in [-0.1, -0.05) is 59.6 Å². The maximum atomic E-state index is 12.9. The fraction of sp³-hybridized carbons (Fsp3) is 0.269. The van der Waals surface area contributed by atoms with Gasteiger partial charge < -0.3 is 14.8 Å². The van der Waals surface area contributed by atoms with Crippen LogP contribution in [0.25, 0.3) is 0 Å². The monoisotopic (exact) mass is 471 g/mol. The summed E-state index contributed by atoms with van der Waals surface area (Å²) >= 11 is 12.0. The Bertz CT molecular complexity index is 1010. The SMILES string of the molecule is COc1ccccc1OC(C)C(=O)NC(CCc1ccc(Cl)cc1)Cc1ccc(Cl)cc1. The number of rotatable bonds is 10. The summed E-state index contributed by atoms with van der Waals surface area (Å²) in [7, 11) is 1.58. The van der Waals surface area contributed by atoms with Crippen molar-refractivity contribution in [3.05, 3.63) is 94.0 Å². The number of halogens is 2. The molecule has 0 spiro atoms. The first-order valence-electron chi connectivity index (χ1n) is 10.5. The van der Waals surface area contributed by atoms with Gasteiger partial charge in [-0.3, -0.25) is 4.79 Å². The highest BCUT2D eigenvalue weighted by Crippen LogP contribution is 2.27. The van der Waals surface area contributed by atoms with Crippen molar-refractivity contribution in [1.82, 2.24) is 5.32 Å². The quantitative estimate of drug-likeness (QED) is 0.386. The van der Waals surface area contributed by atoms with Crippen LogP contribution in [0.4, 0.5) is 0 Å². The van der Waals surface area contributed by atoms with Crippen molar-refractivity contribution in [2.75, 3.05) is 7.11 Å². The molecule has 3 aromatic carbocycles. The maximum Gasteiger partial charge on any atom is 0.261 e. The molecule has 0 heterocycles. The van der Waals surface area contributed by atoms with Crippen molar-refractivity contribution < 1.29 is 14.3 Å². The Balaban J connectivity index is 1.67. The number of para-hydroxylation sites is 2. The van der Waals surface area contributed by atoms with Crippen molar-refractivity contribution in [2.45, 2.75) is 38.3 Å². The average Bonchev–Trinajstić information content (AvgIpc) is 2.80. The Morgan fingerprint density at radius 3 is 2.03 bits per heavy atom. The van der Waals surface area contributed by atoms with Crippen LogP contribution in [-0.2, 0) is 17.6 Å². The van der Waals surface area contributed by atoms with E-state index in [-0.39, 0.29) is 11.9 Å². The minimum Gasteiger partial charge on any atom is -0.493 e. The molecule has 0 radical (unpaired) electrons. The first-order chi connectivity index (χ1) is 15.4. The molecule has 3 aromatic rings. The molecular weight excluding hydrogens is 445 g/mol. The molecule has 0 saturated heterocycles. The second kappa shape index (κ2) is 11.8. The zero-order valence-corrected chi connectivity index (χ0v) is 19.7. The van der Waals surface area contributed by atoms with Crippen LogP contribution in [-0.4, -0.2) is 25.2 Å². The van der Waals surface area contributed by atoms with Gasteiger partial charge in [-0.25, -0.2) is 0 Å². The van der Waals surface area contributed by atoms with Crippen LogP contribution < -0.4 is 14.8 Å². The van der Waals surface area contributed by atoms with E-state index in [9.17, 15) is 4.79 Å². The molecular formula is C26H27Cl2NO3. The normalized spacial score (nSPS) is 12.6. The summed E-state index contributed by atoms with van der Waals surface area (Å²) in [5.41, 5.74) is 2.28. The number of hydrogen-bond acceptors (Lipinski definition) is 3. The number of hydrogen-bond donors (Lipinski definition) is 1. The fourth-order valence-corrected chi connectivity index (χ4v) is 3.65. The minimum atomic E-state index is -0.672. The van der Waals surface area contributed by atoms with Gasteiger partial charge in [0.1, 0.15) is 0 Å². The van der Waals surface area contributed by atoms with Gasteiger partial charge in [0.2, 0.25) is 0 Å². The van der Waals surface area contributed by atoms with Crippen molar-refractivity contribution in [2.24, 2.45) is 0 Å². The summed E-state index contributed by atoms with van der Waals surface area (Å²) in [6.45, 7) is 1.74. The molecule has 0 aliphatic rings. The molecule has 168 valence electrons. The van der Waals surface area contributed by atoms with Crippen LogP contribution in [0, 0.1) is 0 Å². The standard InChI is InChI=1S/C26H27Cl2NO3/c1-18(32-25-6-4-3-5-24(25)31-2)26(30)29-23(17-20-9-14-22(28)15-10-20)16-11-19-7-12-21(27)13-8-19/h3-10,12-15,18,23H,11,16-17H2,1-2H3,(H,29,30). The smallest absolute Gasteiger partial charge is 0.261 e. The third-order valence-corrected chi connectivity index (χ3v) is 5.68. The summed E-state index contributed by atoms with van der Waals surface area (Å²) in [5, 5.41) is 4.55. The van der Waals surface area contributed by atoms with E-state index in [4.69, 9.17) is 32.7 Å². The third kappa shape index (κ3) is 7.18. The molecule has 6 heteroatoms. The van der Waals surface area contributed by atoms with E-state index in [1.807, 2.05) is 60.7 Å². The minimum absolute atomic E-state index is 0.0666. The zero-order chi connectivity index (χ0) is 22.9. The lowest BCUT2D eigenvalue weighted by molar-refractivity contribution is -0.128. The molecule has 2 atom stereocenters. The van der Waals surface area contributed by atoms with E-state index in [1.54, 1.807) is 26.2 Å². The Kier molecular flexibility index (Phi) is 8.83. The Morgan fingerprint density at radius 2 is 1.44 bits per heavy atom. The van der Waals surface area contributed by atoms with Crippen molar-refractivity contribution >= 4 is 29.1 Å². The number of methoxy groups -OCH3 is 1. The zero-order valence-electron chi connectivity index (χ0n) is 18.2. The molecule has 1 N–H and O–H groups in total. The number of benzene rings is 3. The van der Waals surface area contributed by atoms with E-state index in [0.717, 1.165) is 18.4 Å². The van der Waals surface area contributed by atoms with Gasteiger partial charge in [-0.05, 0) is 73.7 Å². The molecule has 0 saturated carbocycles. The van der Waals surface area contributed by atoms with Crippen LogP contribution in [0.15, 0.2) is 72.8 Å².